The number of aryl methyl sites for hydroxylation is 1. The van der Waals surface area contributed by atoms with Crippen LogP contribution in [0.5, 0.6) is 0 Å². The van der Waals surface area contributed by atoms with Crippen molar-refractivity contribution in [3.8, 4) is 0 Å². The number of hydrogen-bond donors (Lipinski definition) is 2. The van der Waals surface area contributed by atoms with Crippen molar-refractivity contribution < 1.29 is 8.78 Å². The molecule has 2 aromatic heterocycles. The Morgan fingerprint density at radius 2 is 1.94 bits per heavy atom. The van der Waals surface area contributed by atoms with Crippen LogP contribution in [0.1, 0.15) is 0 Å². The summed E-state index contributed by atoms with van der Waals surface area (Å²) in [6.45, 7) is 0. The van der Waals surface area contributed by atoms with Crippen molar-refractivity contribution in [2.75, 3.05) is 17.7 Å². The van der Waals surface area contributed by atoms with Crippen LogP contribution in [0.4, 0.5) is 26.2 Å². The normalized spacial score (nSPS) is 10.4. The van der Waals surface area contributed by atoms with Crippen molar-refractivity contribution >= 4 is 17.5 Å². The molecule has 2 heterocycles. The third kappa shape index (κ3) is 2.32. The molecule has 7 heteroatoms. The first kappa shape index (κ1) is 11.3. The fourth-order valence-corrected chi connectivity index (χ4v) is 1.33. The zero-order valence-electron chi connectivity index (χ0n) is 9.33. The van der Waals surface area contributed by atoms with Crippen LogP contribution < -0.4 is 10.6 Å². The van der Waals surface area contributed by atoms with E-state index in [1.165, 1.54) is 7.05 Å². The average molecular weight is 239 g/mol. The molecule has 0 fully saturated rings. The van der Waals surface area contributed by atoms with Crippen LogP contribution in [0.2, 0.25) is 0 Å². The predicted octanol–water partition coefficient (Wildman–Crippen LogP) is 1.88. The van der Waals surface area contributed by atoms with E-state index in [0.29, 0.717) is 5.82 Å². The fraction of sp³-hybridized carbons (Fsp3) is 0.200. The Bertz CT molecular complexity index is 537. The van der Waals surface area contributed by atoms with Gasteiger partial charge in [-0.15, -0.1) is 0 Å². The molecule has 2 N–H and O–H groups in total. The van der Waals surface area contributed by atoms with E-state index in [9.17, 15) is 8.78 Å². The Morgan fingerprint density at radius 3 is 2.53 bits per heavy atom. The molecule has 0 unspecified atom stereocenters. The Balaban J connectivity index is 2.32. The van der Waals surface area contributed by atoms with E-state index in [-0.39, 0.29) is 11.6 Å². The highest BCUT2D eigenvalue weighted by Gasteiger charge is 2.11. The van der Waals surface area contributed by atoms with E-state index in [2.05, 4.69) is 20.7 Å². The molecule has 2 aromatic rings. The Kier molecular flexibility index (Phi) is 2.90. The van der Waals surface area contributed by atoms with Gasteiger partial charge in [0.25, 0.3) is 0 Å². The van der Waals surface area contributed by atoms with E-state index < -0.39 is 11.6 Å². The molecule has 90 valence electrons. The van der Waals surface area contributed by atoms with Gasteiger partial charge in [-0.25, -0.2) is 13.8 Å². The van der Waals surface area contributed by atoms with Gasteiger partial charge in [0.15, 0.2) is 29.1 Å². The van der Waals surface area contributed by atoms with Crippen molar-refractivity contribution in [2.45, 2.75) is 0 Å². The van der Waals surface area contributed by atoms with Gasteiger partial charge >= 0.3 is 0 Å². The van der Waals surface area contributed by atoms with Crippen LogP contribution in [0.15, 0.2) is 18.3 Å². The molecule has 0 aliphatic heterocycles. The predicted molar refractivity (Wildman–Crippen MR) is 60.2 cm³/mol. The highest BCUT2D eigenvalue weighted by atomic mass is 19.1. The molecular formula is C10H11F2N5. The summed E-state index contributed by atoms with van der Waals surface area (Å²) in [5.74, 6) is -1.17. The molecule has 0 saturated heterocycles. The zero-order chi connectivity index (χ0) is 12.4. The van der Waals surface area contributed by atoms with Crippen molar-refractivity contribution in [1.82, 2.24) is 14.8 Å². The largest absolute Gasteiger partial charge is 0.371 e. The van der Waals surface area contributed by atoms with Gasteiger partial charge in [0.1, 0.15) is 0 Å². The molecule has 5 nitrogen and oxygen atoms in total. The number of hydrogen-bond acceptors (Lipinski definition) is 4. The Labute approximate surface area is 96.5 Å². The lowest BCUT2D eigenvalue weighted by molar-refractivity contribution is 0.580. The van der Waals surface area contributed by atoms with E-state index in [4.69, 9.17) is 0 Å². The number of aromatic nitrogens is 3. The van der Waals surface area contributed by atoms with Crippen LogP contribution in [0.3, 0.4) is 0 Å². The average Bonchev–Trinajstić information content (AvgIpc) is 2.68. The van der Waals surface area contributed by atoms with Gasteiger partial charge in [-0.05, 0) is 0 Å². The molecule has 0 aliphatic rings. The lowest BCUT2D eigenvalue weighted by atomic mass is 10.4. The number of anilines is 3. The van der Waals surface area contributed by atoms with Gasteiger partial charge in [0.05, 0.1) is 0 Å². The minimum atomic E-state index is -0.771. The molecule has 0 aromatic carbocycles. The third-order valence-electron chi connectivity index (χ3n) is 2.13. The van der Waals surface area contributed by atoms with Crippen molar-refractivity contribution in [3.63, 3.8) is 0 Å². The number of nitrogens with one attached hydrogen (secondary N) is 2. The lowest BCUT2D eigenvalue weighted by Crippen LogP contribution is -2.04. The maximum absolute atomic E-state index is 13.4. The summed E-state index contributed by atoms with van der Waals surface area (Å²) < 4.78 is 28.2. The van der Waals surface area contributed by atoms with Gasteiger partial charge in [0.2, 0.25) is 0 Å². The molecular weight excluding hydrogens is 228 g/mol. The second-order valence-corrected chi connectivity index (χ2v) is 3.40. The second-order valence-electron chi connectivity index (χ2n) is 3.40. The molecule has 0 radical (unpaired) electrons. The molecule has 17 heavy (non-hydrogen) atoms. The fourth-order valence-electron chi connectivity index (χ4n) is 1.33. The first-order chi connectivity index (χ1) is 8.10. The highest BCUT2D eigenvalue weighted by molar-refractivity contribution is 5.55. The Hall–Kier alpha value is -2.18. The van der Waals surface area contributed by atoms with Crippen LogP contribution in [-0.2, 0) is 7.05 Å². The maximum Gasteiger partial charge on any atom is 0.170 e. The molecule has 2 rings (SSSR count). The Morgan fingerprint density at radius 1 is 1.24 bits per heavy atom. The van der Waals surface area contributed by atoms with Gasteiger partial charge in [-0.1, -0.05) is 0 Å². The van der Waals surface area contributed by atoms with Crippen LogP contribution in [0, 0.1) is 11.6 Å². The quantitative estimate of drug-likeness (QED) is 0.858. The van der Waals surface area contributed by atoms with E-state index in [1.54, 1.807) is 24.0 Å². The molecule has 0 bridgehead atoms. The lowest BCUT2D eigenvalue weighted by Gasteiger charge is -2.07. The summed E-state index contributed by atoms with van der Waals surface area (Å²) in [5.41, 5.74) is 0. The van der Waals surface area contributed by atoms with E-state index in [0.717, 1.165) is 6.07 Å². The summed E-state index contributed by atoms with van der Waals surface area (Å²) in [4.78, 5) is 3.77. The first-order valence-corrected chi connectivity index (χ1v) is 4.90. The summed E-state index contributed by atoms with van der Waals surface area (Å²) in [7, 11) is 3.24. The summed E-state index contributed by atoms with van der Waals surface area (Å²) >= 11 is 0. The zero-order valence-corrected chi connectivity index (χ0v) is 9.33. The first-order valence-electron chi connectivity index (χ1n) is 4.90. The summed E-state index contributed by atoms with van der Waals surface area (Å²) in [5, 5.41) is 9.22. The van der Waals surface area contributed by atoms with Crippen molar-refractivity contribution in [1.29, 1.82) is 0 Å². The smallest absolute Gasteiger partial charge is 0.170 e. The molecule has 0 amide bonds. The standard InChI is InChI=1S/C10H11F2N5/c1-13-9-6(11)5-7(12)10(15-9)14-8-3-4-17(2)16-8/h3-5H,1-2H3,(H2,13,14,15,16). The van der Waals surface area contributed by atoms with Gasteiger partial charge in [-0.2, -0.15) is 5.10 Å². The molecule has 0 spiro atoms. The van der Waals surface area contributed by atoms with E-state index in [1.807, 2.05) is 0 Å². The summed E-state index contributed by atoms with van der Waals surface area (Å²) in [6.07, 6.45) is 1.70. The third-order valence-corrected chi connectivity index (χ3v) is 2.13. The van der Waals surface area contributed by atoms with Crippen LogP contribution in [-0.4, -0.2) is 21.8 Å². The molecule has 0 aliphatic carbocycles. The highest BCUT2D eigenvalue weighted by Crippen LogP contribution is 2.21. The monoisotopic (exact) mass is 239 g/mol. The van der Waals surface area contributed by atoms with E-state index >= 15 is 0 Å². The van der Waals surface area contributed by atoms with Crippen molar-refractivity contribution in [2.24, 2.45) is 7.05 Å². The van der Waals surface area contributed by atoms with Gasteiger partial charge in [0, 0.05) is 32.4 Å². The minimum Gasteiger partial charge on any atom is -0.371 e. The SMILES string of the molecule is CNc1nc(Nc2ccn(C)n2)c(F)cc1F. The number of halogens is 2. The van der Waals surface area contributed by atoms with Gasteiger partial charge < -0.3 is 10.6 Å². The van der Waals surface area contributed by atoms with Gasteiger partial charge in [-0.3, -0.25) is 4.68 Å². The minimum absolute atomic E-state index is 0.0233. The van der Waals surface area contributed by atoms with Crippen LogP contribution >= 0.6 is 0 Å². The summed E-state index contributed by atoms with van der Waals surface area (Å²) in [6, 6.07) is 2.42. The molecule has 0 atom stereocenters. The topological polar surface area (TPSA) is 54.8 Å². The van der Waals surface area contributed by atoms with Crippen molar-refractivity contribution in [3.05, 3.63) is 30.0 Å². The number of rotatable bonds is 3. The number of pyridine rings is 1. The van der Waals surface area contributed by atoms with Crippen LogP contribution in [0.25, 0.3) is 0 Å². The number of nitrogens with zero attached hydrogens (tertiary/aromatic N) is 3. The maximum atomic E-state index is 13.4. The molecule has 0 saturated carbocycles. The second kappa shape index (κ2) is 4.36.